The Balaban J connectivity index is 1.79. The van der Waals surface area contributed by atoms with E-state index in [1.807, 2.05) is 0 Å². The van der Waals surface area contributed by atoms with Crippen molar-refractivity contribution in [3.63, 3.8) is 0 Å². The highest BCUT2D eigenvalue weighted by atomic mass is 19.1. The van der Waals surface area contributed by atoms with Crippen LogP contribution in [0.1, 0.15) is 6.42 Å². The van der Waals surface area contributed by atoms with Gasteiger partial charge in [0.25, 0.3) is 5.69 Å². The molecule has 1 aliphatic heterocycles. The van der Waals surface area contributed by atoms with Crippen LogP contribution in [0.5, 0.6) is 5.75 Å². The van der Waals surface area contributed by atoms with Crippen molar-refractivity contribution in [1.29, 1.82) is 0 Å². The molecular weight excluding hydrogens is 403 g/mol. The predicted molar refractivity (Wildman–Crippen MR) is 102 cm³/mol. The summed E-state index contributed by atoms with van der Waals surface area (Å²) in [6.07, 6.45) is -0.186. The summed E-state index contributed by atoms with van der Waals surface area (Å²) in [6.45, 7) is -0.0926. The second-order valence-electron chi connectivity index (χ2n) is 6.43. The first-order valence-corrected chi connectivity index (χ1v) is 8.59. The Labute approximate surface area is 168 Å². The molecule has 11 nitrogen and oxygen atoms in total. The number of hydrogen-bond acceptors (Lipinski definition) is 7. The number of nitro groups is 2. The van der Waals surface area contributed by atoms with Gasteiger partial charge in [0.2, 0.25) is 17.6 Å². The van der Waals surface area contributed by atoms with Crippen molar-refractivity contribution < 1.29 is 28.6 Å². The maximum absolute atomic E-state index is 13.5. The fourth-order valence-corrected chi connectivity index (χ4v) is 3.08. The highest BCUT2D eigenvalue weighted by Gasteiger charge is 2.36. The second kappa shape index (κ2) is 8.11. The number of anilines is 2. The lowest BCUT2D eigenvalue weighted by Gasteiger charge is -2.17. The van der Waals surface area contributed by atoms with Crippen LogP contribution in [0.3, 0.4) is 0 Å². The van der Waals surface area contributed by atoms with Gasteiger partial charge in [-0.2, -0.15) is 4.39 Å². The first-order valence-electron chi connectivity index (χ1n) is 8.59. The van der Waals surface area contributed by atoms with Crippen LogP contribution in [-0.2, 0) is 9.59 Å². The number of hydrogen-bond donors (Lipinski definition) is 1. The summed E-state index contributed by atoms with van der Waals surface area (Å²) in [4.78, 5) is 46.5. The molecule has 30 heavy (non-hydrogen) atoms. The number of ether oxygens (including phenoxy) is 1. The van der Waals surface area contributed by atoms with Crippen LogP contribution in [0, 0.1) is 32.0 Å². The predicted octanol–water partition coefficient (Wildman–Crippen LogP) is 2.64. The third kappa shape index (κ3) is 4.01. The molecule has 0 radical (unpaired) electrons. The molecule has 0 aliphatic carbocycles. The Hall–Kier alpha value is -4.09. The number of non-ortho nitro benzene ring substituents is 1. The van der Waals surface area contributed by atoms with Gasteiger partial charge in [-0.25, -0.2) is 0 Å². The molecule has 0 bridgehead atoms. The van der Waals surface area contributed by atoms with Crippen LogP contribution in [-0.4, -0.2) is 35.3 Å². The molecule has 1 unspecified atom stereocenters. The lowest BCUT2D eigenvalue weighted by Crippen LogP contribution is -2.28. The van der Waals surface area contributed by atoms with Crippen molar-refractivity contribution in [2.75, 3.05) is 23.9 Å². The van der Waals surface area contributed by atoms with E-state index in [0.29, 0.717) is 0 Å². The Morgan fingerprint density at radius 3 is 2.57 bits per heavy atom. The Morgan fingerprint density at radius 2 is 1.93 bits per heavy atom. The number of nitrogens with zero attached hydrogens (tertiary/aromatic N) is 3. The van der Waals surface area contributed by atoms with E-state index in [1.54, 1.807) is 0 Å². The Kier molecular flexibility index (Phi) is 5.58. The molecule has 12 heteroatoms. The minimum Gasteiger partial charge on any atom is -0.495 e. The largest absolute Gasteiger partial charge is 0.495 e. The van der Waals surface area contributed by atoms with Crippen molar-refractivity contribution in [2.45, 2.75) is 6.42 Å². The van der Waals surface area contributed by atoms with Gasteiger partial charge >= 0.3 is 5.69 Å². The van der Waals surface area contributed by atoms with Gasteiger partial charge in [0, 0.05) is 31.2 Å². The first-order chi connectivity index (χ1) is 14.2. The lowest BCUT2D eigenvalue weighted by molar-refractivity contribution is -0.387. The maximum atomic E-state index is 13.5. The van der Waals surface area contributed by atoms with Crippen LogP contribution in [0.2, 0.25) is 0 Å². The third-order valence-electron chi connectivity index (χ3n) is 4.59. The van der Waals surface area contributed by atoms with E-state index in [-0.39, 0.29) is 35.8 Å². The normalized spacial score (nSPS) is 15.7. The van der Waals surface area contributed by atoms with E-state index in [9.17, 15) is 34.2 Å². The molecular formula is C18H15FN4O7. The van der Waals surface area contributed by atoms with Crippen molar-refractivity contribution in [3.05, 3.63) is 62.4 Å². The molecule has 3 rings (SSSR count). The van der Waals surface area contributed by atoms with E-state index < -0.39 is 39.1 Å². The molecule has 0 saturated carbocycles. The summed E-state index contributed by atoms with van der Waals surface area (Å²) in [5, 5.41) is 24.4. The van der Waals surface area contributed by atoms with E-state index in [1.165, 1.54) is 25.3 Å². The number of amides is 2. The summed E-state index contributed by atoms with van der Waals surface area (Å²) in [5.41, 5.74) is -0.875. The monoisotopic (exact) mass is 418 g/mol. The van der Waals surface area contributed by atoms with Crippen LogP contribution in [0.4, 0.5) is 27.1 Å². The molecule has 156 valence electrons. The molecule has 1 fully saturated rings. The number of methoxy groups -OCH3 is 1. The summed E-state index contributed by atoms with van der Waals surface area (Å²) in [7, 11) is 1.33. The average Bonchev–Trinajstić information content (AvgIpc) is 3.09. The lowest BCUT2D eigenvalue weighted by atomic mass is 10.1. The van der Waals surface area contributed by atoms with Gasteiger partial charge in [0.1, 0.15) is 5.75 Å². The zero-order chi connectivity index (χ0) is 22.0. The van der Waals surface area contributed by atoms with E-state index in [4.69, 9.17) is 4.74 Å². The number of halogens is 1. The molecule has 2 aromatic carbocycles. The van der Waals surface area contributed by atoms with Gasteiger partial charge in [-0.3, -0.25) is 29.8 Å². The number of nitro benzene ring substituents is 2. The van der Waals surface area contributed by atoms with E-state index in [2.05, 4.69) is 5.32 Å². The second-order valence-corrected chi connectivity index (χ2v) is 6.43. The number of nitrogens with one attached hydrogen (secondary N) is 1. The molecule has 1 heterocycles. The molecule has 1 N–H and O–H groups in total. The van der Waals surface area contributed by atoms with Crippen LogP contribution >= 0.6 is 0 Å². The highest BCUT2D eigenvalue weighted by Crippen LogP contribution is 2.32. The molecule has 1 aliphatic rings. The van der Waals surface area contributed by atoms with Gasteiger partial charge in [-0.15, -0.1) is 0 Å². The van der Waals surface area contributed by atoms with Gasteiger partial charge < -0.3 is 15.0 Å². The molecule has 1 atom stereocenters. The summed E-state index contributed by atoms with van der Waals surface area (Å²) >= 11 is 0. The van der Waals surface area contributed by atoms with Crippen molar-refractivity contribution in [1.82, 2.24) is 0 Å². The van der Waals surface area contributed by atoms with E-state index >= 15 is 0 Å². The quantitative estimate of drug-likeness (QED) is 0.561. The van der Waals surface area contributed by atoms with Crippen LogP contribution in [0.15, 0.2) is 36.4 Å². The SMILES string of the molecule is COc1ccc([N+](=O)[O-])cc1NC(=O)C1CC(=O)N(c2ccc(F)c([N+](=O)[O-])c2)C1. The fourth-order valence-electron chi connectivity index (χ4n) is 3.08. The molecule has 2 aromatic rings. The molecule has 0 spiro atoms. The highest BCUT2D eigenvalue weighted by molar-refractivity contribution is 6.04. The Morgan fingerprint density at radius 1 is 1.20 bits per heavy atom. The smallest absolute Gasteiger partial charge is 0.306 e. The van der Waals surface area contributed by atoms with Gasteiger partial charge in [0.15, 0.2) is 0 Å². The molecule has 0 aromatic heterocycles. The molecule has 1 saturated heterocycles. The van der Waals surface area contributed by atoms with Crippen molar-refractivity contribution in [3.8, 4) is 5.75 Å². The topological polar surface area (TPSA) is 145 Å². The first kappa shape index (κ1) is 20.6. The zero-order valence-electron chi connectivity index (χ0n) is 15.5. The number of carbonyl (C=O) groups excluding carboxylic acids is 2. The maximum Gasteiger partial charge on any atom is 0.306 e. The summed E-state index contributed by atoms with van der Waals surface area (Å²) in [6, 6.07) is 6.70. The number of benzene rings is 2. The zero-order valence-corrected chi connectivity index (χ0v) is 15.5. The Bertz CT molecular complexity index is 1060. The van der Waals surface area contributed by atoms with Crippen LogP contribution in [0.25, 0.3) is 0 Å². The van der Waals surface area contributed by atoms with Crippen molar-refractivity contribution >= 4 is 34.6 Å². The van der Waals surface area contributed by atoms with Gasteiger partial charge in [0.05, 0.1) is 34.2 Å². The summed E-state index contributed by atoms with van der Waals surface area (Å²) in [5.74, 6) is -2.72. The van der Waals surface area contributed by atoms with Gasteiger partial charge in [-0.1, -0.05) is 0 Å². The van der Waals surface area contributed by atoms with E-state index in [0.717, 1.165) is 23.1 Å². The minimum atomic E-state index is -1.04. The average molecular weight is 418 g/mol. The summed E-state index contributed by atoms with van der Waals surface area (Å²) < 4.78 is 18.6. The standard InChI is InChI=1S/C18H15FN4O7/c1-30-16-5-3-12(22(26)27)7-14(16)20-18(25)10-6-17(24)21(9-10)11-2-4-13(19)15(8-11)23(28)29/h2-5,7-8,10H,6,9H2,1H3,(H,20,25). The molecule has 2 amide bonds. The third-order valence-corrected chi connectivity index (χ3v) is 4.59. The number of carbonyl (C=O) groups is 2. The van der Waals surface area contributed by atoms with Gasteiger partial charge in [-0.05, 0) is 18.2 Å². The number of rotatable bonds is 6. The van der Waals surface area contributed by atoms with Crippen molar-refractivity contribution in [2.24, 2.45) is 5.92 Å². The van der Waals surface area contributed by atoms with Crippen LogP contribution < -0.4 is 15.0 Å². The minimum absolute atomic E-state index is 0.0695. The fraction of sp³-hybridized carbons (Fsp3) is 0.222.